The second-order valence-corrected chi connectivity index (χ2v) is 3.46. The molecule has 1 N–H and O–H groups in total. The topological polar surface area (TPSA) is 12.0 Å². The van der Waals surface area contributed by atoms with Crippen LogP contribution in [0, 0.1) is 11.8 Å². The van der Waals surface area contributed by atoms with Crippen LogP contribution in [0.25, 0.3) is 0 Å². The van der Waals surface area contributed by atoms with E-state index in [1.165, 1.54) is 12.8 Å². The predicted octanol–water partition coefficient (Wildman–Crippen LogP) is 1.64. The van der Waals surface area contributed by atoms with Gasteiger partial charge in [0.1, 0.15) is 0 Å². The van der Waals surface area contributed by atoms with Gasteiger partial charge < -0.3 is 5.32 Å². The highest BCUT2D eigenvalue weighted by molar-refractivity contribution is 4.85. The Morgan fingerprint density at radius 3 is 2.22 bits per heavy atom. The Morgan fingerprint density at radius 1 is 1.33 bits per heavy atom. The molecule has 1 aliphatic rings. The molecular weight excluding hydrogens is 110 g/mol. The molecular formula is C8H17N. The summed E-state index contributed by atoms with van der Waals surface area (Å²) in [4.78, 5) is 0. The number of hydrogen-bond donors (Lipinski definition) is 1. The van der Waals surface area contributed by atoms with Gasteiger partial charge in [-0.15, -0.1) is 0 Å². The van der Waals surface area contributed by atoms with Crippen LogP contribution in [0.3, 0.4) is 0 Å². The summed E-state index contributed by atoms with van der Waals surface area (Å²) in [6.07, 6.45) is 2.79. The lowest BCUT2D eigenvalue weighted by molar-refractivity contribution is 0.176. The van der Waals surface area contributed by atoms with Gasteiger partial charge in [-0.25, -0.2) is 0 Å². The highest BCUT2D eigenvalue weighted by Crippen LogP contribution is 2.32. The molecule has 1 fully saturated rings. The summed E-state index contributed by atoms with van der Waals surface area (Å²) in [7, 11) is 2.06. The van der Waals surface area contributed by atoms with Gasteiger partial charge in [-0.3, -0.25) is 0 Å². The minimum atomic E-state index is 0.831. The first-order chi connectivity index (χ1) is 4.24. The molecule has 0 bridgehead atoms. The van der Waals surface area contributed by atoms with Crippen molar-refractivity contribution in [2.24, 2.45) is 11.8 Å². The van der Waals surface area contributed by atoms with Gasteiger partial charge in [0.25, 0.3) is 0 Å². The first kappa shape index (κ1) is 7.07. The van der Waals surface area contributed by atoms with E-state index < -0.39 is 0 Å². The van der Waals surface area contributed by atoms with Crippen molar-refractivity contribution in [3.63, 3.8) is 0 Å². The largest absolute Gasteiger partial charge is 0.317 e. The normalized spacial score (nSPS) is 34.7. The maximum Gasteiger partial charge on any atom is 0.00695 e. The molecule has 0 aromatic heterocycles. The molecule has 0 atom stereocenters. The van der Waals surface area contributed by atoms with Crippen LogP contribution in [0.2, 0.25) is 0 Å². The highest BCUT2D eigenvalue weighted by Gasteiger charge is 2.29. The first-order valence-electron chi connectivity index (χ1n) is 3.91. The summed E-state index contributed by atoms with van der Waals surface area (Å²) in [5, 5.41) is 3.29. The van der Waals surface area contributed by atoms with E-state index in [4.69, 9.17) is 0 Å². The Kier molecular flexibility index (Phi) is 2.12. The van der Waals surface area contributed by atoms with E-state index >= 15 is 0 Å². The first-order valence-corrected chi connectivity index (χ1v) is 3.91. The van der Waals surface area contributed by atoms with E-state index in [1.807, 2.05) is 0 Å². The van der Waals surface area contributed by atoms with Crippen molar-refractivity contribution < 1.29 is 0 Å². The number of nitrogens with one attached hydrogen (secondary N) is 1. The van der Waals surface area contributed by atoms with E-state index in [0.29, 0.717) is 0 Å². The van der Waals surface area contributed by atoms with Crippen LogP contribution >= 0.6 is 0 Å². The highest BCUT2D eigenvalue weighted by atomic mass is 14.9. The summed E-state index contributed by atoms with van der Waals surface area (Å²) < 4.78 is 0. The van der Waals surface area contributed by atoms with Gasteiger partial charge in [0.15, 0.2) is 0 Å². The minimum Gasteiger partial charge on any atom is -0.317 e. The zero-order valence-electron chi connectivity index (χ0n) is 6.65. The number of hydrogen-bond acceptors (Lipinski definition) is 1. The van der Waals surface area contributed by atoms with E-state index in [1.54, 1.807) is 0 Å². The van der Waals surface area contributed by atoms with E-state index in [9.17, 15) is 0 Å². The molecule has 0 saturated heterocycles. The number of rotatable bonds is 2. The lowest BCUT2D eigenvalue weighted by atomic mass is 9.74. The molecule has 1 rings (SSSR count). The molecule has 0 aromatic rings. The summed E-state index contributed by atoms with van der Waals surface area (Å²) in [6, 6.07) is 0.831. The Morgan fingerprint density at radius 2 is 1.89 bits per heavy atom. The molecule has 1 nitrogen and oxygen atoms in total. The zero-order valence-corrected chi connectivity index (χ0v) is 6.65. The third kappa shape index (κ3) is 1.45. The second kappa shape index (κ2) is 2.70. The Bertz CT molecular complexity index is 82.6. The molecule has 0 spiro atoms. The third-order valence-corrected chi connectivity index (χ3v) is 2.53. The molecule has 0 amide bonds. The fourth-order valence-corrected chi connectivity index (χ4v) is 1.44. The van der Waals surface area contributed by atoms with Crippen molar-refractivity contribution in [2.45, 2.75) is 32.7 Å². The standard InChI is InChI=1S/C8H17N/c1-6(2)7-4-8(5-7)9-3/h6-9H,4-5H2,1-3H3. The zero-order chi connectivity index (χ0) is 6.85. The summed E-state index contributed by atoms with van der Waals surface area (Å²) in [5.74, 6) is 1.90. The quantitative estimate of drug-likeness (QED) is 0.594. The van der Waals surface area contributed by atoms with Crippen LogP contribution < -0.4 is 5.32 Å². The van der Waals surface area contributed by atoms with Gasteiger partial charge in [-0.2, -0.15) is 0 Å². The lowest BCUT2D eigenvalue weighted by Crippen LogP contribution is -2.40. The fraction of sp³-hybridized carbons (Fsp3) is 1.00. The third-order valence-electron chi connectivity index (χ3n) is 2.53. The van der Waals surface area contributed by atoms with Gasteiger partial charge in [0, 0.05) is 6.04 Å². The van der Waals surface area contributed by atoms with Crippen LogP contribution in [0.1, 0.15) is 26.7 Å². The van der Waals surface area contributed by atoms with Crippen molar-refractivity contribution in [1.29, 1.82) is 0 Å². The van der Waals surface area contributed by atoms with E-state index in [2.05, 4.69) is 26.2 Å². The maximum absolute atomic E-state index is 3.29. The van der Waals surface area contributed by atoms with Crippen molar-refractivity contribution in [2.75, 3.05) is 7.05 Å². The maximum atomic E-state index is 3.29. The van der Waals surface area contributed by atoms with Gasteiger partial charge in [0.2, 0.25) is 0 Å². The van der Waals surface area contributed by atoms with Crippen LogP contribution in [-0.4, -0.2) is 13.1 Å². The Balaban J connectivity index is 2.12. The van der Waals surface area contributed by atoms with Gasteiger partial charge in [-0.1, -0.05) is 13.8 Å². The molecule has 0 unspecified atom stereocenters. The molecule has 1 heteroatoms. The van der Waals surface area contributed by atoms with Crippen LogP contribution in [0.5, 0.6) is 0 Å². The second-order valence-electron chi connectivity index (χ2n) is 3.46. The van der Waals surface area contributed by atoms with Crippen molar-refractivity contribution in [3.8, 4) is 0 Å². The minimum absolute atomic E-state index is 0.831. The average molecular weight is 127 g/mol. The smallest absolute Gasteiger partial charge is 0.00695 e. The summed E-state index contributed by atoms with van der Waals surface area (Å²) in [5.41, 5.74) is 0. The van der Waals surface area contributed by atoms with Crippen molar-refractivity contribution in [3.05, 3.63) is 0 Å². The monoisotopic (exact) mass is 127 g/mol. The van der Waals surface area contributed by atoms with Gasteiger partial charge in [-0.05, 0) is 31.7 Å². The molecule has 0 radical (unpaired) electrons. The van der Waals surface area contributed by atoms with E-state index in [0.717, 1.165) is 17.9 Å². The van der Waals surface area contributed by atoms with Crippen molar-refractivity contribution in [1.82, 2.24) is 5.32 Å². The average Bonchev–Trinajstić information content (AvgIpc) is 1.61. The molecule has 1 saturated carbocycles. The van der Waals surface area contributed by atoms with Crippen LogP contribution in [0.4, 0.5) is 0 Å². The molecule has 54 valence electrons. The summed E-state index contributed by atoms with van der Waals surface area (Å²) >= 11 is 0. The van der Waals surface area contributed by atoms with Gasteiger partial charge >= 0.3 is 0 Å². The molecule has 0 heterocycles. The predicted molar refractivity (Wildman–Crippen MR) is 40.4 cm³/mol. The van der Waals surface area contributed by atoms with E-state index in [-0.39, 0.29) is 0 Å². The van der Waals surface area contributed by atoms with Crippen molar-refractivity contribution >= 4 is 0 Å². The fourth-order valence-electron chi connectivity index (χ4n) is 1.44. The molecule has 0 aromatic carbocycles. The van der Waals surface area contributed by atoms with Crippen LogP contribution in [-0.2, 0) is 0 Å². The summed E-state index contributed by atoms with van der Waals surface area (Å²) in [6.45, 7) is 4.63. The SMILES string of the molecule is CNC1CC(C(C)C)C1. The molecule has 9 heavy (non-hydrogen) atoms. The lowest BCUT2D eigenvalue weighted by Gasteiger charge is -2.37. The molecule has 0 aliphatic heterocycles. The van der Waals surface area contributed by atoms with Gasteiger partial charge in [0.05, 0.1) is 0 Å². The Labute approximate surface area is 57.8 Å². The molecule has 1 aliphatic carbocycles. The van der Waals surface area contributed by atoms with Crippen LogP contribution in [0.15, 0.2) is 0 Å². The Hall–Kier alpha value is -0.0400.